The average molecular weight is 304 g/mol. The summed E-state index contributed by atoms with van der Waals surface area (Å²) in [5, 5.41) is 2.53. The molecule has 0 bridgehead atoms. The Balaban J connectivity index is 1.77. The Morgan fingerprint density at radius 3 is 2.85 bits per heavy atom. The molecule has 0 aliphatic carbocycles. The Kier molecular flexibility index (Phi) is 3.75. The predicted octanol–water partition coefficient (Wildman–Crippen LogP) is 3.29. The number of hydrogen-bond donors (Lipinski definition) is 1. The molecule has 3 rings (SSSR count). The first kappa shape index (κ1) is 13.2. The van der Waals surface area contributed by atoms with E-state index in [1.165, 1.54) is 23.1 Å². The van der Waals surface area contributed by atoms with Crippen LogP contribution in [0.15, 0.2) is 45.7 Å². The number of aromatic amines is 1. The average Bonchev–Trinajstić information content (AvgIpc) is 2.94. The van der Waals surface area contributed by atoms with Crippen LogP contribution in [0.4, 0.5) is 0 Å². The van der Waals surface area contributed by atoms with Crippen molar-refractivity contribution in [2.75, 3.05) is 7.11 Å². The zero-order valence-corrected chi connectivity index (χ0v) is 12.4. The van der Waals surface area contributed by atoms with Crippen LogP contribution >= 0.6 is 23.1 Å². The summed E-state index contributed by atoms with van der Waals surface area (Å²) in [6, 6.07) is 9.73. The van der Waals surface area contributed by atoms with E-state index in [0.29, 0.717) is 9.86 Å². The molecule has 4 nitrogen and oxygen atoms in total. The maximum absolute atomic E-state index is 11.8. The molecule has 0 amide bonds. The van der Waals surface area contributed by atoms with Gasteiger partial charge in [0.15, 0.2) is 5.16 Å². The zero-order valence-electron chi connectivity index (χ0n) is 10.8. The SMILES string of the molecule is COc1ccc(CSc2nc3ccsc3c(=O)[nH]2)cc1. The molecule has 0 radical (unpaired) electrons. The van der Waals surface area contributed by atoms with Crippen molar-refractivity contribution in [3.05, 3.63) is 51.6 Å². The van der Waals surface area contributed by atoms with Gasteiger partial charge in [0.1, 0.15) is 10.4 Å². The fourth-order valence-corrected chi connectivity index (χ4v) is 3.34. The number of methoxy groups -OCH3 is 1. The van der Waals surface area contributed by atoms with Gasteiger partial charge in [0, 0.05) is 5.75 Å². The van der Waals surface area contributed by atoms with Gasteiger partial charge in [-0.15, -0.1) is 11.3 Å². The largest absolute Gasteiger partial charge is 0.497 e. The van der Waals surface area contributed by atoms with Crippen LogP contribution < -0.4 is 10.3 Å². The van der Waals surface area contributed by atoms with E-state index in [2.05, 4.69) is 9.97 Å². The van der Waals surface area contributed by atoms with E-state index in [1.807, 2.05) is 35.7 Å². The maximum atomic E-state index is 11.8. The number of rotatable bonds is 4. The van der Waals surface area contributed by atoms with E-state index in [1.54, 1.807) is 7.11 Å². The van der Waals surface area contributed by atoms with Crippen LogP contribution in [0.25, 0.3) is 10.2 Å². The van der Waals surface area contributed by atoms with Crippen molar-refractivity contribution in [3.63, 3.8) is 0 Å². The number of nitrogens with one attached hydrogen (secondary N) is 1. The molecule has 0 fully saturated rings. The number of benzene rings is 1. The van der Waals surface area contributed by atoms with E-state index in [-0.39, 0.29) is 5.56 Å². The normalized spacial score (nSPS) is 10.8. The molecule has 20 heavy (non-hydrogen) atoms. The van der Waals surface area contributed by atoms with Gasteiger partial charge in [0.05, 0.1) is 12.6 Å². The Labute approximate surface area is 123 Å². The lowest BCUT2D eigenvalue weighted by Crippen LogP contribution is -2.07. The van der Waals surface area contributed by atoms with Crippen molar-refractivity contribution in [3.8, 4) is 5.75 Å². The fraction of sp³-hybridized carbons (Fsp3) is 0.143. The summed E-state index contributed by atoms with van der Waals surface area (Å²) in [6.45, 7) is 0. The highest BCUT2D eigenvalue weighted by molar-refractivity contribution is 7.98. The summed E-state index contributed by atoms with van der Waals surface area (Å²) in [5.41, 5.74) is 1.85. The van der Waals surface area contributed by atoms with Crippen molar-refractivity contribution in [1.29, 1.82) is 0 Å². The van der Waals surface area contributed by atoms with Gasteiger partial charge < -0.3 is 9.72 Å². The lowest BCUT2D eigenvalue weighted by molar-refractivity contribution is 0.414. The van der Waals surface area contributed by atoms with E-state index < -0.39 is 0 Å². The van der Waals surface area contributed by atoms with Gasteiger partial charge in [0.2, 0.25) is 0 Å². The maximum Gasteiger partial charge on any atom is 0.269 e. The Morgan fingerprint density at radius 1 is 1.30 bits per heavy atom. The van der Waals surface area contributed by atoms with Crippen LogP contribution in [0, 0.1) is 0 Å². The van der Waals surface area contributed by atoms with Crippen molar-refractivity contribution < 1.29 is 4.74 Å². The molecule has 3 aromatic rings. The summed E-state index contributed by atoms with van der Waals surface area (Å²) in [7, 11) is 1.65. The van der Waals surface area contributed by atoms with Crippen LogP contribution in [-0.2, 0) is 5.75 Å². The topological polar surface area (TPSA) is 55.0 Å². The quantitative estimate of drug-likeness (QED) is 0.593. The van der Waals surface area contributed by atoms with Gasteiger partial charge in [0.25, 0.3) is 5.56 Å². The highest BCUT2D eigenvalue weighted by Gasteiger charge is 2.05. The van der Waals surface area contributed by atoms with Gasteiger partial charge in [-0.1, -0.05) is 23.9 Å². The number of aromatic nitrogens is 2. The van der Waals surface area contributed by atoms with Crippen molar-refractivity contribution in [1.82, 2.24) is 9.97 Å². The molecule has 0 saturated heterocycles. The molecule has 0 aliphatic rings. The molecule has 102 valence electrons. The predicted molar refractivity (Wildman–Crippen MR) is 82.8 cm³/mol. The van der Waals surface area contributed by atoms with Crippen LogP contribution in [-0.4, -0.2) is 17.1 Å². The van der Waals surface area contributed by atoms with Crippen molar-refractivity contribution >= 4 is 33.3 Å². The van der Waals surface area contributed by atoms with Crippen LogP contribution in [0.3, 0.4) is 0 Å². The molecule has 6 heteroatoms. The first-order chi connectivity index (χ1) is 9.76. The molecule has 2 heterocycles. The van der Waals surface area contributed by atoms with E-state index >= 15 is 0 Å². The summed E-state index contributed by atoms with van der Waals surface area (Å²) >= 11 is 2.93. The first-order valence-electron chi connectivity index (χ1n) is 5.99. The second-order valence-corrected chi connectivity index (χ2v) is 6.02. The number of H-pyrrole nitrogens is 1. The number of thioether (sulfide) groups is 1. The van der Waals surface area contributed by atoms with Crippen molar-refractivity contribution in [2.24, 2.45) is 0 Å². The molecule has 0 aliphatic heterocycles. The minimum atomic E-state index is -0.0674. The molecular formula is C14H12N2O2S2. The summed E-state index contributed by atoms with van der Waals surface area (Å²) < 4.78 is 5.80. The van der Waals surface area contributed by atoms with Gasteiger partial charge >= 0.3 is 0 Å². The standard InChI is InChI=1S/C14H12N2O2S2/c1-18-10-4-2-9(3-5-10)8-20-14-15-11-6-7-19-12(11)13(17)16-14/h2-7H,8H2,1H3,(H,15,16,17). The molecule has 1 N–H and O–H groups in total. The minimum Gasteiger partial charge on any atom is -0.497 e. The molecule has 0 saturated carbocycles. The van der Waals surface area contributed by atoms with Crippen molar-refractivity contribution in [2.45, 2.75) is 10.9 Å². The van der Waals surface area contributed by atoms with Gasteiger partial charge in [-0.3, -0.25) is 4.79 Å². The van der Waals surface area contributed by atoms with E-state index in [0.717, 1.165) is 22.6 Å². The number of hydrogen-bond acceptors (Lipinski definition) is 5. The lowest BCUT2D eigenvalue weighted by atomic mass is 10.2. The lowest BCUT2D eigenvalue weighted by Gasteiger charge is -2.03. The summed E-state index contributed by atoms with van der Waals surface area (Å²) in [6.07, 6.45) is 0. The third kappa shape index (κ3) is 2.71. The van der Waals surface area contributed by atoms with Crippen LogP contribution in [0.1, 0.15) is 5.56 Å². The zero-order chi connectivity index (χ0) is 13.9. The summed E-state index contributed by atoms with van der Waals surface area (Å²) in [5.74, 6) is 1.59. The fourth-order valence-electron chi connectivity index (χ4n) is 1.79. The molecule has 0 atom stereocenters. The second-order valence-electron chi connectivity index (χ2n) is 4.14. The number of nitrogens with zero attached hydrogens (tertiary/aromatic N) is 1. The minimum absolute atomic E-state index is 0.0674. The molecular weight excluding hydrogens is 292 g/mol. The Hall–Kier alpha value is -1.79. The Morgan fingerprint density at radius 2 is 2.10 bits per heavy atom. The molecule has 0 spiro atoms. The van der Waals surface area contributed by atoms with E-state index in [4.69, 9.17) is 4.74 Å². The van der Waals surface area contributed by atoms with Gasteiger partial charge in [-0.25, -0.2) is 4.98 Å². The third-order valence-electron chi connectivity index (χ3n) is 2.83. The highest BCUT2D eigenvalue weighted by Crippen LogP contribution is 2.22. The number of thiophene rings is 1. The van der Waals surface area contributed by atoms with E-state index in [9.17, 15) is 4.79 Å². The Bertz CT molecular complexity index is 778. The van der Waals surface area contributed by atoms with Gasteiger partial charge in [-0.05, 0) is 29.1 Å². The third-order valence-corrected chi connectivity index (χ3v) is 4.67. The summed E-state index contributed by atoms with van der Waals surface area (Å²) in [4.78, 5) is 19.1. The molecule has 0 unspecified atom stereocenters. The van der Waals surface area contributed by atoms with Gasteiger partial charge in [-0.2, -0.15) is 0 Å². The highest BCUT2D eigenvalue weighted by atomic mass is 32.2. The monoisotopic (exact) mass is 304 g/mol. The smallest absolute Gasteiger partial charge is 0.269 e. The number of fused-ring (bicyclic) bond motifs is 1. The number of ether oxygens (including phenoxy) is 1. The first-order valence-corrected chi connectivity index (χ1v) is 7.86. The van der Waals surface area contributed by atoms with Crippen LogP contribution in [0.5, 0.6) is 5.75 Å². The second kappa shape index (κ2) is 5.68. The molecule has 2 aromatic heterocycles. The van der Waals surface area contributed by atoms with Crippen LogP contribution in [0.2, 0.25) is 0 Å². The molecule has 1 aromatic carbocycles.